The second-order valence-electron chi connectivity index (χ2n) is 1.94. The van der Waals surface area contributed by atoms with Gasteiger partial charge in [-0.3, -0.25) is 0 Å². The van der Waals surface area contributed by atoms with Gasteiger partial charge in [0.15, 0.2) is 0 Å². The maximum absolute atomic E-state index is 5.67. The molecule has 0 radical (unpaired) electrons. The van der Waals surface area contributed by atoms with E-state index < -0.39 is 12.8 Å². The Labute approximate surface area is 71.6 Å². The molecule has 0 saturated heterocycles. The molecule has 0 aromatic rings. The first-order valence-electron chi connectivity index (χ1n) is 2.70. The maximum atomic E-state index is 5.67. The van der Waals surface area contributed by atoms with Crippen LogP contribution in [0, 0.1) is 0 Å². The second-order valence-corrected chi connectivity index (χ2v) is 35.1. The fourth-order valence-corrected chi connectivity index (χ4v) is 5.87. The molecule has 0 spiro atoms. The molecule has 0 N–H and O–H groups in total. The van der Waals surface area contributed by atoms with Gasteiger partial charge in [0.2, 0.25) is 0 Å². The molecule has 0 aromatic carbocycles. The Morgan fingerprint density at radius 1 is 1.11 bits per heavy atom. The zero-order chi connectivity index (χ0) is 7.57. The molecule has 0 heterocycles. The van der Waals surface area contributed by atoms with E-state index in [1.165, 1.54) is 0 Å². The normalized spacial score (nSPS) is 16.8. The van der Waals surface area contributed by atoms with Gasteiger partial charge in [0.25, 0.3) is 0 Å². The Balaban J connectivity index is 3.60. The Hall–Kier alpha value is 1.98. The van der Waals surface area contributed by atoms with Crippen molar-refractivity contribution >= 4 is 48.1 Å². The number of hydrogen-bond acceptors (Lipinski definition) is 0. The van der Waals surface area contributed by atoms with Gasteiger partial charge in [-0.1, -0.05) is 0 Å². The van der Waals surface area contributed by atoms with Crippen molar-refractivity contribution < 1.29 is 0 Å². The summed E-state index contributed by atoms with van der Waals surface area (Å²) in [6, 6.07) is 0. The topological polar surface area (TPSA) is 0 Å². The Bertz CT molecular complexity index is 85.2. The van der Waals surface area contributed by atoms with E-state index in [2.05, 4.69) is 0 Å². The third-order valence-electron chi connectivity index (χ3n) is 0.850. The first-order chi connectivity index (χ1) is 3.81. The van der Waals surface area contributed by atoms with Gasteiger partial charge in [-0.25, -0.2) is 0 Å². The fourth-order valence-electron chi connectivity index (χ4n) is 0.397. The standard InChI is InChI=1S/C4H9.4ClH.Sb/c1-3-4-2;;;;;/h1,3-4H2,2H3;4*1H;/q;;;;;+4/p-4. The summed E-state index contributed by atoms with van der Waals surface area (Å²) in [6.45, 7) is 2.04. The molecule has 0 saturated carbocycles. The van der Waals surface area contributed by atoms with Crippen molar-refractivity contribution in [3.8, 4) is 0 Å². The molecule has 0 atom stereocenters. The average Bonchev–Trinajstić information content (AvgIpc) is 1.57. The number of unbranched alkanes of at least 4 members (excludes halogenated alkanes) is 1. The second kappa shape index (κ2) is 3.59. The van der Waals surface area contributed by atoms with Crippen molar-refractivity contribution in [3.05, 3.63) is 0 Å². The van der Waals surface area contributed by atoms with Crippen LogP contribution in [0.15, 0.2) is 0 Å². The van der Waals surface area contributed by atoms with Gasteiger partial charge in [0, 0.05) is 0 Å². The van der Waals surface area contributed by atoms with Crippen molar-refractivity contribution in [2.75, 3.05) is 0 Å². The molecule has 0 aliphatic rings. The van der Waals surface area contributed by atoms with Crippen molar-refractivity contribution in [1.29, 1.82) is 0 Å². The first-order valence-corrected chi connectivity index (χ1v) is 17.4. The molecule has 0 aliphatic carbocycles. The average molecular weight is 321 g/mol. The van der Waals surface area contributed by atoms with E-state index in [1.807, 2.05) is 6.92 Å². The van der Waals surface area contributed by atoms with Gasteiger partial charge in [-0.2, -0.15) is 0 Å². The molecule has 0 unspecified atom stereocenters. The summed E-state index contributed by atoms with van der Waals surface area (Å²) >= 11 is -3.94. The summed E-state index contributed by atoms with van der Waals surface area (Å²) in [5.41, 5.74) is 0. The van der Waals surface area contributed by atoms with Gasteiger partial charge >= 0.3 is 72.3 Å². The van der Waals surface area contributed by atoms with Crippen molar-refractivity contribution in [2.24, 2.45) is 0 Å². The number of rotatable bonds is 3. The summed E-state index contributed by atoms with van der Waals surface area (Å²) in [4.78, 5) is 0. The molecule has 9 heavy (non-hydrogen) atoms. The van der Waals surface area contributed by atoms with Crippen LogP contribution in [0.25, 0.3) is 0 Å². The monoisotopic (exact) mass is 318 g/mol. The van der Waals surface area contributed by atoms with Crippen molar-refractivity contribution in [1.82, 2.24) is 0 Å². The number of halogens is 4. The molecule has 58 valence electrons. The summed E-state index contributed by atoms with van der Waals surface area (Å²) < 4.78 is 0.593. The summed E-state index contributed by atoms with van der Waals surface area (Å²) in [6.07, 6.45) is 1.95. The van der Waals surface area contributed by atoms with Gasteiger partial charge in [0.05, 0.1) is 0 Å². The van der Waals surface area contributed by atoms with Crippen LogP contribution >= 0.6 is 35.3 Å². The summed E-state index contributed by atoms with van der Waals surface area (Å²) in [5, 5.41) is 0. The molecule has 0 aromatic heterocycles. The molecule has 0 fully saturated rings. The van der Waals surface area contributed by atoms with Crippen LogP contribution in [0.1, 0.15) is 19.8 Å². The van der Waals surface area contributed by atoms with Gasteiger partial charge in [-0.05, 0) is 0 Å². The zero-order valence-electron chi connectivity index (χ0n) is 5.08. The van der Waals surface area contributed by atoms with E-state index in [4.69, 9.17) is 35.3 Å². The van der Waals surface area contributed by atoms with Crippen LogP contribution < -0.4 is 0 Å². The van der Waals surface area contributed by atoms with Crippen LogP contribution in [0.3, 0.4) is 0 Å². The SMILES string of the molecule is CCC[CH2][Sb]([Cl])([Cl])([Cl])[Cl]. The fraction of sp³-hybridized carbons (Fsp3) is 1.00. The summed E-state index contributed by atoms with van der Waals surface area (Å²) in [7, 11) is 22.7. The predicted octanol–water partition coefficient (Wildman–Crippen LogP) is 4.13. The minimum atomic E-state index is -3.94. The molecule has 0 nitrogen and oxygen atoms in total. The van der Waals surface area contributed by atoms with E-state index in [0.717, 1.165) is 12.8 Å². The third-order valence-corrected chi connectivity index (χ3v) is 8.22. The minimum absolute atomic E-state index is 0.593. The van der Waals surface area contributed by atoms with Crippen LogP contribution in [0.4, 0.5) is 0 Å². The molecule has 5 heteroatoms. The first kappa shape index (κ1) is 11.0. The van der Waals surface area contributed by atoms with Gasteiger partial charge in [-0.15, -0.1) is 0 Å². The molecular formula is C4H9Cl4Sb. The Morgan fingerprint density at radius 3 is 1.67 bits per heavy atom. The molecule has 0 bridgehead atoms. The van der Waals surface area contributed by atoms with Crippen LogP contribution in [0.2, 0.25) is 4.37 Å². The van der Waals surface area contributed by atoms with E-state index in [9.17, 15) is 0 Å². The van der Waals surface area contributed by atoms with Crippen molar-refractivity contribution in [2.45, 2.75) is 24.1 Å². The van der Waals surface area contributed by atoms with E-state index in [-0.39, 0.29) is 0 Å². The van der Waals surface area contributed by atoms with Gasteiger partial charge in [0.1, 0.15) is 0 Å². The van der Waals surface area contributed by atoms with Crippen molar-refractivity contribution in [3.63, 3.8) is 0 Å². The molecule has 0 aliphatic heterocycles. The Morgan fingerprint density at radius 2 is 1.56 bits per heavy atom. The van der Waals surface area contributed by atoms with E-state index in [1.54, 1.807) is 0 Å². The van der Waals surface area contributed by atoms with Crippen LogP contribution in [0.5, 0.6) is 0 Å². The predicted molar refractivity (Wildman–Crippen MR) is 48.9 cm³/mol. The van der Waals surface area contributed by atoms with E-state index >= 15 is 0 Å². The summed E-state index contributed by atoms with van der Waals surface area (Å²) in [5.74, 6) is 0. The van der Waals surface area contributed by atoms with E-state index in [0.29, 0.717) is 4.37 Å². The Kier molecular flexibility index (Phi) is 4.37. The van der Waals surface area contributed by atoms with Crippen LogP contribution in [-0.4, -0.2) is 12.8 Å². The number of hydrogen-bond donors (Lipinski definition) is 0. The quantitative estimate of drug-likeness (QED) is 0.686. The van der Waals surface area contributed by atoms with Crippen LogP contribution in [-0.2, 0) is 0 Å². The molecule has 0 amide bonds. The molecular weight excluding hydrogens is 312 g/mol. The van der Waals surface area contributed by atoms with Gasteiger partial charge < -0.3 is 0 Å². The molecule has 0 rings (SSSR count). The zero-order valence-corrected chi connectivity index (χ0v) is 10.7. The third kappa shape index (κ3) is 9.98.